The Hall–Kier alpha value is -1.38. The first-order chi connectivity index (χ1) is 9.20. The summed E-state index contributed by atoms with van der Waals surface area (Å²) in [5, 5.41) is 7.80. The highest BCUT2D eigenvalue weighted by Crippen LogP contribution is 2.20. The first kappa shape index (κ1) is 14.0. The molecule has 102 valence electrons. The molecule has 2 heterocycles. The lowest BCUT2D eigenvalue weighted by Crippen LogP contribution is -2.33. The molecule has 0 bridgehead atoms. The predicted octanol–water partition coefficient (Wildman–Crippen LogP) is 1.53. The molecular formula is C11H13N3O3S2. The van der Waals surface area contributed by atoms with Crippen molar-refractivity contribution in [2.45, 2.75) is 11.8 Å². The summed E-state index contributed by atoms with van der Waals surface area (Å²) in [6, 6.07) is 1.30. The second-order valence-electron chi connectivity index (χ2n) is 3.67. The molecule has 1 unspecified atom stereocenters. The van der Waals surface area contributed by atoms with E-state index in [1.807, 2.05) is 16.8 Å². The maximum absolute atomic E-state index is 11.1. The number of nitrogens with zero attached hydrogens (tertiary/aromatic N) is 2. The van der Waals surface area contributed by atoms with E-state index in [1.54, 1.807) is 11.3 Å². The third-order valence-corrected chi connectivity index (χ3v) is 4.00. The van der Waals surface area contributed by atoms with Gasteiger partial charge in [-0.3, -0.25) is 4.79 Å². The SMILES string of the molecule is COC(=O)C(N)CSCc1nc(-c2ccsc2)no1. The number of ether oxygens (including phenoxy) is 1. The number of thiophene rings is 1. The van der Waals surface area contributed by atoms with E-state index < -0.39 is 12.0 Å². The summed E-state index contributed by atoms with van der Waals surface area (Å²) in [7, 11) is 1.32. The fourth-order valence-corrected chi connectivity index (χ4v) is 2.75. The van der Waals surface area contributed by atoms with Gasteiger partial charge in [-0.1, -0.05) is 5.16 Å². The van der Waals surface area contributed by atoms with Crippen molar-refractivity contribution in [3.05, 3.63) is 22.7 Å². The van der Waals surface area contributed by atoms with Crippen LogP contribution in [0.15, 0.2) is 21.3 Å². The highest BCUT2D eigenvalue weighted by molar-refractivity contribution is 7.98. The highest BCUT2D eigenvalue weighted by atomic mass is 32.2. The molecular weight excluding hydrogens is 286 g/mol. The van der Waals surface area contributed by atoms with Gasteiger partial charge in [0.05, 0.1) is 12.9 Å². The quantitative estimate of drug-likeness (QED) is 0.809. The molecule has 1 atom stereocenters. The van der Waals surface area contributed by atoms with Gasteiger partial charge in [0, 0.05) is 16.7 Å². The Kier molecular flexibility index (Phi) is 4.94. The lowest BCUT2D eigenvalue weighted by Gasteiger charge is -2.06. The van der Waals surface area contributed by atoms with Crippen LogP contribution in [-0.2, 0) is 15.3 Å². The van der Waals surface area contributed by atoms with Crippen LogP contribution >= 0.6 is 23.1 Å². The van der Waals surface area contributed by atoms with E-state index in [2.05, 4.69) is 14.9 Å². The zero-order valence-electron chi connectivity index (χ0n) is 10.2. The highest BCUT2D eigenvalue weighted by Gasteiger charge is 2.15. The van der Waals surface area contributed by atoms with Crippen LogP contribution in [0, 0.1) is 0 Å². The van der Waals surface area contributed by atoms with Gasteiger partial charge in [-0.05, 0) is 11.4 Å². The summed E-state index contributed by atoms with van der Waals surface area (Å²) >= 11 is 3.03. The summed E-state index contributed by atoms with van der Waals surface area (Å²) in [6.45, 7) is 0. The van der Waals surface area contributed by atoms with Crippen LogP contribution in [0.5, 0.6) is 0 Å². The maximum atomic E-state index is 11.1. The van der Waals surface area contributed by atoms with Gasteiger partial charge in [-0.15, -0.1) is 11.8 Å². The van der Waals surface area contributed by atoms with Gasteiger partial charge in [-0.25, -0.2) is 0 Å². The lowest BCUT2D eigenvalue weighted by molar-refractivity contribution is -0.141. The summed E-state index contributed by atoms with van der Waals surface area (Å²) < 4.78 is 9.66. The van der Waals surface area contributed by atoms with Gasteiger partial charge in [0.25, 0.3) is 0 Å². The fraction of sp³-hybridized carbons (Fsp3) is 0.364. The third-order valence-electron chi connectivity index (χ3n) is 2.27. The summed E-state index contributed by atoms with van der Waals surface area (Å²) in [4.78, 5) is 15.4. The molecule has 2 N–H and O–H groups in total. The van der Waals surface area contributed by atoms with Crippen LogP contribution in [0.3, 0.4) is 0 Å². The van der Waals surface area contributed by atoms with Crippen LogP contribution in [-0.4, -0.2) is 35.0 Å². The molecule has 2 rings (SSSR count). The van der Waals surface area contributed by atoms with E-state index in [9.17, 15) is 4.79 Å². The summed E-state index contributed by atoms with van der Waals surface area (Å²) in [5.74, 6) is 1.64. The zero-order valence-corrected chi connectivity index (χ0v) is 11.9. The zero-order chi connectivity index (χ0) is 13.7. The Morgan fingerprint density at radius 2 is 2.53 bits per heavy atom. The largest absolute Gasteiger partial charge is 0.468 e. The van der Waals surface area contributed by atoms with E-state index in [1.165, 1.54) is 18.9 Å². The van der Waals surface area contributed by atoms with Gasteiger partial charge in [0.15, 0.2) is 0 Å². The second-order valence-corrected chi connectivity index (χ2v) is 5.48. The van der Waals surface area contributed by atoms with E-state index >= 15 is 0 Å². The number of carbonyl (C=O) groups excluding carboxylic acids is 1. The smallest absolute Gasteiger partial charge is 0.323 e. The molecule has 0 aliphatic heterocycles. The Balaban J connectivity index is 1.83. The Morgan fingerprint density at radius 1 is 1.68 bits per heavy atom. The van der Waals surface area contributed by atoms with Crippen LogP contribution in [0.4, 0.5) is 0 Å². The van der Waals surface area contributed by atoms with Crippen molar-refractivity contribution in [1.29, 1.82) is 0 Å². The topological polar surface area (TPSA) is 91.2 Å². The average Bonchev–Trinajstić information content (AvgIpc) is 3.07. The Morgan fingerprint density at radius 3 is 3.21 bits per heavy atom. The molecule has 0 spiro atoms. The number of hydrogen-bond acceptors (Lipinski definition) is 8. The number of hydrogen-bond donors (Lipinski definition) is 1. The third kappa shape index (κ3) is 3.79. The molecule has 0 fully saturated rings. The second kappa shape index (κ2) is 6.69. The van der Waals surface area contributed by atoms with Gasteiger partial charge in [-0.2, -0.15) is 16.3 Å². The normalized spacial score (nSPS) is 12.3. The molecule has 8 heteroatoms. The summed E-state index contributed by atoms with van der Waals surface area (Å²) in [5.41, 5.74) is 6.55. The molecule has 0 aliphatic carbocycles. The van der Waals surface area contributed by atoms with Crippen LogP contribution in [0.2, 0.25) is 0 Å². The number of rotatable bonds is 6. The fourth-order valence-electron chi connectivity index (χ4n) is 1.32. The molecule has 0 radical (unpaired) electrons. The van der Waals surface area contributed by atoms with Crippen molar-refractivity contribution >= 4 is 29.1 Å². The van der Waals surface area contributed by atoms with E-state index in [0.29, 0.717) is 23.2 Å². The first-order valence-corrected chi connectivity index (χ1v) is 7.56. The number of carbonyl (C=O) groups is 1. The summed E-state index contributed by atoms with van der Waals surface area (Å²) in [6.07, 6.45) is 0. The minimum Gasteiger partial charge on any atom is -0.468 e. The van der Waals surface area contributed by atoms with Gasteiger partial charge in [0.2, 0.25) is 11.7 Å². The van der Waals surface area contributed by atoms with Crippen LogP contribution in [0.25, 0.3) is 11.4 Å². The van der Waals surface area contributed by atoms with Crippen molar-refractivity contribution in [3.63, 3.8) is 0 Å². The lowest BCUT2D eigenvalue weighted by atomic mass is 10.3. The molecule has 6 nitrogen and oxygen atoms in total. The Bertz CT molecular complexity index is 527. The van der Waals surface area contributed by atoms with Crippen LogP contribution < -0.4 is 5.73 Å². The average molecular weight is 299 g/mol. The molecule has 0 aliphatic rings. The number of aromatic nitrogens is 2. The Labute approximate surface area is 118 Å². The van der Waals surface area contributed by atoms with Gasteiger partial charge >= 0.3 is 5.97 Å². The van der Waals surface area contributed by atoms with Crippen molar-refractivity contribution in [1.82, 2.24) is 10.1 Å². The van der Waals surface area contributed by atoms with Crippen molar-refractivity contribution in [3.8, 4) is 11.4 Å². The van der Waals surface area contributed by atoms with Crippen LogP contribution in [0.1, 0.15) is 5.89 Å². The number of esters is 1. The van der Waals surface area contributed by atoms with Crippen molar-refractivity contribution in [2.24, 2.45) is 5.73 Å². The number of methoxy groups -OCH3 is 1. The molecule has 2 aromatic heterocycles. The molecule has 0 aromatic carbocycles. The minimum atomic E-state index is -0.630. The van der Waals surface area contributed by atoms with E-state index in [-0.39, 0.29) is 0 Å². The predicted molar refractivity (Wildman–Crippen MR) is 73.8 cm³/mol. The first-order valence-electron chi connectivity index (χ1n) is 5.47. The number of thioether (sulfide) groups is 1. The maximum Gasteiger partial charge on any atom is 0.323 e. The molecule has 0 saturated carbocycles. The standard InChI is InChI=1S/C11H13N3O3S2/c1-16-11(15)8(12)5-19-6-9-13-10(14-17-9)7-2-3-18-4-7/h2-4,8H,5-6,12H2,1H3. The van der Waals surface area contributed by atoms with Gasteiger partial charge in [0.1, 0.15) is 6.04 Å². The minimum absolute atomic E-state index is 0.419. The van der Waals surface area contributed by atoms with Crippen molar-refractivity contribution in [2.75, 3.05) is 12.9 Å². The van der Waals surface area contributed by atoms with E-state index in [4.69, 9.17) is 10.3 Å². The monoisotopic (exact) mass is 299 g/mol. The number of nitrogens with two attached hydrogens (primary N) is 1. The molecule has 2 aromatic rings. The molecule has 19 heavy (non-hydrogen) atoms. The van der Waals surface area contributed by atoms with E-state index in [0.717, 1.165) is 5.56 Å². The van der Waals surface area contributed by atoms with Crippen molar-refractivity contribution < 1.29 is 14.1 Å². The molecule has 0 saturated heterocycles. The van der Waals surface area contributed by atoms with Gasteiger partial charge < -0.3 is 15.0 Å². The molecule has 0 amide bonds.